The van der Waals surface area contributed by atoms with E-state index in [1.807, 2.05) is 31.2 Å². The first-order chi connectivity index (χ1) is 10.8. The van der Waals surface area contributed by atoms with E-state index in [0.717, 1.165) is 5.56 Å². The molecule has 0 aliphatic heterocycles. The lowest BCUT2D eigenvalue weighted by Crippen LogP contribution is -2.14. The Kier molecular flexibility index (Phi) is 5.25. The minimum absolute atomic E-state index is 0.0540. The van der Waals surface area contributed by atoms with Gasteiger partial charge >= 0.3 is 5.97 Å². The van der Waals surface area contributed by atoms with Gasteiger partial charge in [-0.15, -0.1) is 0 Å². The maximum Gasteiger partial charge on any atom is 0.310 e. The Morgan fingerprint density at radius 1 is 1.09 bits per heavy atom. The SMILES string of the molecule is CCC(=O)Oc1ccc(C(C)(C)C)cc1[C@@H](C)c1ccccc1. The Labute approximate surface area is 139 Å². The Morgan fingerprint density at radius 2 is 1.74 bits per heavy atom. The van der Waals surface area contributed by atoms with Gasteiger partial charge in [0.15, 0.2) is 0 Å². The van der Waals surface area contributed by atoms with Gasteiger partial charge in [-0.25, -0.2) is 0 Å². The monoisotopic (exact) mass is 310 g/mol. The number of ether oxygens (including phenoxy) is 1. The van der Waals surface area contributed by atoms with Crippen LogP contribution < -0.4 is 4.74 Å². The van der Waals surface area contributed by atoms with E-state index in [2.05, 4.69) is 52.0 Å². The molecular formula is C21H26O2. The van der Waals surface area contributed by atoms with Crippen molar-refractivity contribution in [2.75, 3.05) is 0 Å². The quantitative estimate of drug-likeness (QED) is 0.554. The molecule has 2 aromatic rings. The molecule has 0 bridgehead atoms. The first kappa shape index (κ1) is 17.3. The van der Waals surface area contributed by atoms with Crippen LogP contribution in [-0.4, -0.2) is 5.97 Å². The third-order valence-electron chi connectivity index (χ3n) is 4.15. The van der Waals surface area contributed by atoms with Crippen LogP contribution in [0.2, 0.25) is 0 Å². The van der Waals surface area contributed by atoms with Crippen LogP contribution in [0.4, 0.5) is 0 Å². The zero-order valence-corrected chi connectivity index (χ0v) is 14.7. The summed E-state index contributed by atoms with van der Waals surface area (Å²) in [7, 11) is 0. The van der Waals surface area contributed by atoms with Gasteiger partial charge in [0.25, 0.3) is 0 Å². The van der Waals surface area contributed by atoms with E-state index in [-0.39, 0.29) is 17.3 Å². The van der Waals surface area contributed by atoms with Crippen LogP contribution in [0.3, 0.4) is 0 Å². The number of rotatable bonds is 4. The van der Waals surface area contributed by atoms with E-state index in [9.17, 15) is 4.79 Å². The van der Waals surface area contributed by atoms with Gasteiger partial charge in [-0.2, -0.15) is 0 Å². The van der Waals surface area contributed by atoms with Gasteiger partial charge < -0.3 is 4.74 Å². The van der Waals surface area contributed by atoms with Crippen LogP contribution in [0.25, 0.3) is 0 Å². The highest BCUT2D eigenvalue weighted by Gasteiger charge is 2.20. The topological polar surface area (TPSA) is 26.3 Å². The summed E-state index contributed by atoms with van der Waals surface area (Å²) in [4.78, 5) is 11.8. The number of carbonyl (C=O) groups excluding carboxylic acids is 1. The molecule has 0 fully saturated rings. The predicted octanol–water partition coefficient (Wildman–Crippen LogP) is 5.45. The van der Waals surface area contributed by atoms with E-state index in [0.29, 0.717) is 12.2 Å². The summed E-state index contributed by atoms with van der Waals surface area (Å²) in [5.74, 6) is 0.634. The highest BCUT2D eigenvalue weighted by Crippen LogP contribution is 2.35. The van der Waals surface area contributed by atoms with Crippen LogP contribution in [-0.2, 0) is 10.2 Å². The van der Waals surface area contributed by atoms with Crippen LogP contribution in [0.5, 0.6) is 5.75 Å². The van der Waals surface area contributed by atoms with Gasteiger partial charge in [-0.3, -0.25) is 4.79 Å². The second-order valence-electron chi connectivity index (χ2n) is 6.96. The van der Waals surface area contributed by atoms with Crippen molar-refractivity contribution in [2.45, 2.75) is 52.4 Å². The molecule has 0 amide bonds. The molecular weight excluding hydrogens is 284 g/mol. The predicted molar refractivity (Wildman–Crippen MR) is 95.0 cm³/mol. The molecule has 2 heteroatoms. The maximum absolute atomic E-state index is 11.8. The van der Waals surface area contributed by atoms with Crippen molar-refractivity contribution in [3.05, 3.63) is 65.2 Å². The van der Waals surface area contributed by atoms with Gasteiger partial charge in [0.2, 0.25) is 0 Å². The van der Waals surface area contributed by atoms with Crippen molar-refractivity contribution in [3.8, 4) is 5.75 Å². The lowest BCUT2D eigenvalue weighted by Gasteiger charge is -2.23. The normalized spacial score (nSPS) is 12.7. The van der Waals surface area contributed by atoms with Crippen molar-refractivity contribution in [3.63, 3.8) is 0 Å². The fourth-order valence-corrected chi connectivity index (χ4v) is 2.56. The summed E-state index contributed by atoms with van der Waals surface area (Å²) in [5, 5.41) is 0. The second kappa shape index (κ2) is 6.99. The molecule has 0 aromatic heterocycles. The van der Waals surface area contributed by atoms with E-state index in [1.165, 1.54) is 11.1 Å². The summed E-state index contributed by atoms with van der Waals surface area (Å²) in [6.07, 6.45) is 0.375. The zero-order valence-electron chi connectivity index (χ0n) is 14.7. The van der Waals surface area contributed by atoms with Gasteiger partial charge in [0.1, 0.15) is 5.75 Å². The van der Waals surface area contributed by atoms with Crippen molar-refractivity contribution in [2.24, 2.45) is 0 Å². The Balaban J connectivity index is 2.49. The molecule has 0 unspecified atom stereocenters. The standard InChI is InChI=1S/C21H26O2/c1-6-20(22)23-19-13-12-17(21(3,4)5)14-18(19)15(2)16-10-8-7-9-11-16/h7-15H,6H2,1-5H3/t15-/m0/s1. The molecule has 0 aliphatic rings. The molecule has 2 aromatic carbocycles. The molecule has 0 heterocycles. The highest BCUT2D eigenvalue weighted by molar-refractivity contribution is 5.72. The third kappa shape index (κ3) is 4.22. The summed E-state index contributed by atoms with van der Waals surface area (Å²) in [6.45, 7) is 10.5. The second-order valence-corrected chi connectivity index (χ2v) is 6.96. The molecule has 122 valence electrons. The van der Waals surface area contributed by atoms with E-state index in [4.69, 9.17) is 4.74 Å². The van der Waals surface area contributed by atoms with Crippen LogP contribution in [0.1, 0.15) is 63.6 Å². The minimum atomic E-state index is -0.199. The molecule has 0 radical (unpaired) electrons. The number of benzene rings is 2. The molecule has 1 atom stereocenters. The molecule has 2 nitrogen and oxygen atoms in total. The van der Waals surface area contributed by atoms with E-state index >= 15 is 0 Å². The number of hydrogen-bond acceptors (Lipinski definition) is 2. The summed E-state index contributed by atoms with van der Waals surface area (Å²) in [6, 6.07) is 16.5. The average molecular weight is 310 g/mol. The largest absolute Gasteiger partial charge is 0.426 e. The summed E-state index contributed by atoms with van der Waals surface area (Å²) < 4.78 is 5.57. The number of esters is 1. The van der Waals surface area contributed by atoms with Crippen molar-refractivity contribution >= 4 is 5.97 Å². The van der Waals surface area contributed by atoms with Gasteiger partial charge in [0, 0.05) is 17.9 Å². The molecule has 23 heavy (non-hydrogen) atoms. The highest BCUT2D eigenvalue weighted by atomic mass is 16.5. The van der Waals surface area contributed by atoms with Crippen molar-refractivity contribution in [1.82, 2.24) is 0 Å². The third-order valence-corrected chi connectivity index (χ3v) is 4.15. The van der Waals surface area contributed by atoms with Crippen molar-refractivity contribution in [1.29, 1.82) is 0 Å². The van der Waals surface area contributed by atoms with Crippen LogP contribution >= 0.6 is 0 Å². The lowest BCUT2D eigenvalue weighted by molar-refractivity contribution is -0.134. The van der Waals surface area contributed by atoms with Crippen molar-refractivity contribution < 1.29 is 9.53 Å². The fourth-order valence-electron chi connectivity index (χ4n) is 2.56. The molecule has 0 N–H and O–H groups in total. The minimum Gasteiger partial charge on any atom is -0.426 e. The molecule has 0 spiro atoms. The average Bonchev–Trinajstić information content (AvgIpc) is 2.54. The molecule has 0 saturated heterocycles. The Bertz CT molecular complexity index is 666. The first-order valence-corrected chi connectivity index (χ1v) is 8.23. The van der Waals surface area contributed by atoms with E-state index in [1.54, 1.807) is 0 Å². The maximum atomic E-state index is 11.8. The lowest BCUT2D eigenvalue weighted by atomic mass is 9.83. The van der Waals surface area contributed by atoms with E-state index < -0.39 is 0 Å². The Morgan fingerprint density at radius 3 is 2.30 bits per heavy atom. The summed E-state index contributed by atoms with van der Waals surface area (Å²) in [5.41, 5.74) is 3.57. The number of carbonyl (C=O) groups is 1. The van der Waals surface area contributed by atoms with Gasteiger partial charge in [-0.1, -0.05) is 77.1 Å². The smallest absolute Gasteiger partial charge is 0.310 e. The molecule has 0 aliphatic carbocycles. The van der Waals surface area contributed by atoms with Crippen LogP contribution in [0, 0.1) is 0 Å². The van der Waals surface area contributed by atoms with Gasteiger partial charge in [-0.05, 0) is 22.6 Å². The molecule has 0 saturated carbocycles. The first-order valence-electron chi connectivity index (χ1n) is 8.23. The summed E-state index contributed by atoms with van der Waals surface area (Å²) >= 11 is 0. The van der Waals surface area contributed by atoms with Crippen LogP contribution in [0.15, 0.2) is 48.5 Å². The Hall–Kier alpha value is -2.09. The molecule has 2 rings (SSSR count). The van der Waals surface area contributed by atoms with Gasteiger partial charge in [0.05, 0.1) is 0 Å². The zero-order chi connectivity index (χ0) is 17.0. The number of hydrogen-bond donors (Lipinski definition) is 0. The fraction of sp³-hybridized carbons (Fsp3) is 0.381.